The molecular formula is C27H30N8O. The van der Waals surface area contributed by atoms with Gasteiger partial charge >= 0.3 is 0 Å². The molecule has 2 aromatic carbocycles. The van der Waals surface area contributed by atoms with Crippen LogP contribution in [0.5, 0.6) is 0 Å². The fourth-order valence-corrected chi connectivity index (χ4v) is 4.97. The van der Waals surface area contributed by atoms with Crippen molar-refractivity contribution in [3.8, 4) is 11.4 Å². The second kappa shape index (κ2) is 8.83. The molecule has 1 aliphatic rings. The van der Waals surface area contributed by atoms with Crippen molar-refractivity contribution in [2.45, 2.75) is 13.0 Å². The monoisotopic (exact) mass is 482 g/mol. The first kappa shape index (κ1) is 22.4. The summed E-state index contributed by atoms with van der Waals surface area (Å²) in [6, 6.07) is 16.4. The Hall–Kier alpha value is -4.11. The Kier molecular flexibility index (Phi) is 5.49. The standard InChI is InChI=1S/C27H30N8O/c1-17(18-7-5-4-6-8-18)28-25-23(27(36)31-22-16-34(3)32-24(22)25)26-29-20-10-9-19(15-21(20)30-26)35-13-11-33(2)12-14-35/h4-10,15-17,28H,11-14H2,1-3H3,(H,29,30)(H,31,36)/t17-/m0/s1. The molecule has 1 atom stereocenters. The molecule has 6 rings (SSSR count). The van der Waals surface area contributed by atoms with E-state index in [1.54, 1.807) is 4.68 Å². The molecule has 0 amide bonds. The topological polar surface area (TPSA) is 97.9 Å². The highest BCUT2D eigenvalue weighted by molar-refractivity contribution is 5.96. The average molecular weight is 483 g/mol. The summed E-state index contributed by atoms with van der Waals surface area (Å²) in [6.07, 6.45) is 1.82. The third kappa shape index (κ3) is 4.01. The lowest BCUT2D eigenvalue weighted by molar-refractivity contribution is 0.313. The molecule has 1 saturated heterocycles. The van der Waals surface area contributed by atoms with E-state index >= 15 is 0 Å². The van der Waals surface area contributed by atoms with Crippen molar-refractivity contribution in [1.82, 2.24) is 29.6 Å². The third-order valence-electron chi connectivity index (χ3n) is 7.02. The van der Waals surface area contributed by atoms with E-state index in [0.717, 1.165) is 48.5 Å². The maximum atomic E-state index is 13.4. The SMILES string of the molecule is C[C@H](Nc1c(-c2nc3ccc(N4CCN(C)CC4)cc3[nH]2)c(=O)[nH]c2cn(C)nc12)c1ccccc1. The molecule has 184 valence electrons. The quantitative estimate of drug-likeness (QED) is 0.353. The molecule has 0 saturated carbocycles. The van der Waals surface area contributed by atoms with Gasteiger partial charge in [0, 0.05) is 51.2 Å². The number of pyridine rings is 1. The van der Waals surface area contributed by atoms with Crippen LogP contribution in [0.25, 0.3) is 33.5 Å². The van der Waals surface area contributed by atoms with Crippen molar-refractivity contribution >= 4 is 33.4 Å². The van der Waals surface area contributed by atoms with Gasteiger partial charge in [0.05, 0.1) is 22.2 Å². The minimum absolute atomic E-state index is 0.0369. The van der Waals surface area contributed by atoms with E-state index in [1.165, 1.54) is 0 Å². The van der Waals surface area contributed by atoms with Crippen LogP contribution in [-0.2, 0) is 7.05 Å². The molecule has 3 aromatic heterocycles. The molecule has 0 unspecified atom stereocenters. The van der Waals surface area contributed by atoms with E-state index in [2.05, 4.69) is 68.4 Å². The summed E-state index contributed by atoms with van der Waals surface area (Å²) in [4.78, 5) is 29.4. The number of imidazole rings is 1. The maximum absolute atomic E-state index is 13.4. The number of likely N-dealkylation sites (N-methyl/N-ethyl adjacent to an activating group) is 1. The van der Waals surface area contributed by atoms with Gasteiger partial charge in [-0.25, -0.2) is 4.98 Å². The van der Waals surface area contributed by atoms with E-state index < -0.39 is 0 Å². The minimum atomic E-state index is -0.211. The lowest BCUT2D eigenvalue weighted by Crippen LogP contribution is -2.44. The first-order valence-electron chi connectivity index (χ1n) is 12.3. The van der Waals surface area contributed by atoms with Gasteiger partial charge in [-0.05, 0) is 37.7 Å². The van der Waals surface area contributed by atoms with Crippen LogP contribution in [0.1, 0.15) is 18.5 Å². The highest BCUT2D eigenvalue weighted by Gasteiger charge is 2.22. The molecule has 1 aliphatic heterocycles. The van der Waals surface area contributed by atoms with Gasteiger partial charge in [-0.3, -0.25) is 9.48 Å². The second-order valence-electron chi connectivity index (χ2n) is 9.62. The van der Waals surface area contributed by atoms with Crippen molar-refractivity contribution < 1.29 is 0 Å². The van der Waals surface area contributed by atoms with E-state index in [1.807, 2.05) is 37.5 Å². The maximum Gasteiger partial charge on any atom is 0.261 e. The van der Waals surface area contributed by atoms with Crippen LogP contribution in [-0.4, -0.2) is 62.9 Å². The van der Waals surface area contributed by atoms with Crippen molar-refractivity contribution in [2.75, 3.05) is 43.4 Å². The van der Waals surface area contributed by atoms with Crippen molar-refractivity contribution in [2.24, 2.45) is 7.05 Å². The fraction of sp³-hybridized carbons (Fsp3) is 0.296. The Bertz CT molecular complexity index is 1590. The molecule has 5 aromatic rings. The van der Waals surface area contributed by atoms with Crippen molar-refractivity contribution in [3.05, 3.63) is 70.6 Å². The Morgan fingerprint density at radius 1 is 0.972 bits per heavy atom. The van der Waals surface area contributed by atoms with Crippen LogP contribution in [0, 0.1) is 0 Å². The van der Waals surface area contributed by atoms with Crippen LogP contribution >= 0.6 is 0 Å². The number of nitrogens with one attached hydrogen (secondary N) is 3. The highest BCUT2D eigenvalue weighted by Crippen LogP contribution is 2.33. The normalized spacial score (nSPS) is 15.6. The summed E-state index contributed by atoms with van der Waals surface area (Å²) in [7, 11) is 4.01. The number of nitrogens with zero attached hydrogens (tertiary/aromatic N) is 5. The van der Waals surface area contributed by atoms with Gasteiger partial charge in [0.25, 0.3) is 5.56 Å². The van der Waals surface area contributed by atoms with Crippen LogP contribution in [0.15, 0.2) is 59.5 Å². The van der Waals surface area contributed by atoms with Gasteiger partial charge in [0.15, 0.2) is 0 Å². The van der Waals surface area contributed by atoms with Crippen molar-refractivity contribution in [3.63, 3.8) is 0 Å². The number of piperazine rings is 1. The lowest BCUT2D eigenvalue weighted by atomic mass is 10.1. The summed E-state index contributed by atoms with van der Waals surface area (Å²) >= 11 is 0. The number of benzene rings is 2. The first-order chi connectivity index (χ1) is 17.5. The first-order valence-corrected chi connectivity index (χ1v) is 12.3. The van der Waals surface area contributed by atoms with Crippen LogP contribution in [0.2, 0.25) is 0 Å². The largest absolute Gasteiger partial charge is 0.376 e. The van der Waals surface area contributed by atoms with E-state index in [0.29, 0.717) is 28.1 Å². The number of H-pyrrole nitrogens is 2. The molecular weight excluding hydrogens is 452 g/mol. The van der Waals surface area contributed by atoms with Crippen LogP contribution in [0.3, 0.4) is 0 Å². The molecule has 0 aliphatic carbocycles. The number of aromatic amines is 2. The summed E-state index contributed by atoms with van der Waals surface area (Å²) in [5.41, 5.74) is 6.32. The van der Waals surface area contributed by atoms with Gasteiger partial charge in [0.1, 0.15) is 16.9 Å². The zero-order valence-corrected chi connectivity index (χ0v) is 20.7. The molecule has 36 heavy (non-hydrogen) atoms. The number of rotatable bonds is 5. The Labute approximate surface area is 208 Å². The number of aryl methyl sites for hydroxylation is 1. The number of hydrogen-bond acceptors (Lipinski definition) is 6. The lowest BCUT2D eigenvalue weighted by Gasteiger charge is -2.34. The van der Waals surface area contributed by atoms with E-state index in [4.69, 9.17) is 4.98 Å². The molecule has 4 heterocycles. The zero-order valence-electron chi connectivity index (χ0n) is 20.7. The predicted octanol–water partition coefficient (Wildman–Crippen LogP) is 3.73. The number of fused-ring (bicyclic) bond motifs is 2. The molecule has 0 bridgehead atoms. The van der Waals surface area contributed by atoms with Gasteiger partial charge in [-0.15, -0.1) is 0 Å². The van der Waals surface area contributed by atoms with Gasteiger partial charge in [0.2, 0.25) is 0 Å². The molecule has 0 radical (unpaired) electrons. The second-order valence-corrected chi connectivity index (χ2v) is 9.62. The summed E-state index contributed by atoms with van der Waals surface area (Å²) < 4.78 is 1.71. The third-order valence-corrected chi connectivity index (χ3v) is 7.02. The molecule has 9 heteroatoms. The number of aromatic nitrogens is 5. The minimum Gasteiger partial charge on any atom is -0.376 e. The predicted molar refractivity (Wildman–Crippen MR) is 145 cm³/mol. The van der Waals surface area contributed by atoms with E-state index in [-0.39, 0.29) is 11.6 Å². The average Bonchev–Trinajstić information content (AvgIpc) is 3.46. The van der Waals surface area contributed by atoms with Gasteiger partial charge in [-0.2, -0.15) is 5.10 Å². The van der Waals surface area contributed by atoms with Crippen LogP contribution < -0.4 is 15.8 Å². The summed E-state index contributed by atoms with van der Waals surface area (Å²) in [6.45, 7) is 6.14. The van der Waals surface area contributed by atoms with E-state index in [9.17, 15) is 4.79 Å². The number of anilines is 2. The van der Waals surface area contributed by atoms with Gasteiger partial charge in [-0.1, -0.05) is 30.3 Å². The zero-order chi connectivity index (χ0) is 24.8. The summed E-state index contributed by atoms with van der Waals surface area (Å²) in [5, 5.41) is 8.22. The van der Waals surface area contributed by atoms with Crippen LogP contribution in [0.4, 0.5) is 11.4 Å². The molecule has 0 spiro atoms. The smallest absolute Gasteiger partial charge is 0.261 e. The fourth-order valence-electron chi connectivity index (χ4n) is 4.97. The molecule has 3 N–H and O–H groups in total. The Balaban J connectivity index is 1.45. The highest BCUT2D eigenvalue weighted by atomic mass is 16.1. The van der Waals surface area contributed by atoms with Crippen molar-refractivity contribution in [1.29, 1.82) is 0 Å². The summed E-state index contributed by atoms with van der Waals surface area (Å²) in [5.74, 6) is 0.525. The Morgan fingerprint density at radius 3 is 2.53 bits per heavy atom. The van der Waals surface area contributed by atoms with Gasteiger partial charge < -0.3 is 25.1 Å². The molecule has 9 nitrogen and oxygen atoms in total. The Morgan fingerprint density at radius 2 is 1.75 bits per heavy atom. The number of hydrogen-bond donors (Lipinski definition) is 3. The molecule has 1 fully saturated rings.